The number of hydrogen-bond acceptors (Lipinski definition) is 5. The highest BCUT2D eigenvalue weighted by Crippen LogP contribution is 2.27. The van der Waals surface area contributed by atoms with Crippen LogP contribution in [-0.4, -0.2) is 38.0 Å². The Balaban J connectivity index is 1.39. The van der Waals surface area contributed by atoms with Crippen molar-refractivity contribution in [1.29, 1.82) is 0 Å². The monoisotopic (exact) mass is 345 g/mol. The van der Waals surface area contributed by atoms with E-state index in [-0.39, 0.29) is 5.91 Å². The molecule has 0 unspecified atom stereocenters. The summed E-state index contributed by atoms with van der Waals surface area (Å²) in [6, 6.07) is 0. The van der Waals surface area contributed by atoms with E-state index < -0.39 is 0 Å². The van der Waals surface area contributed by atoms with Crippen LogP contribution in [0.15, 0.2) is 16.8 Å². The number of rotatable bonds is 8. The lowest BCUT2D eigenvalue weighted by Crippen LogP contribution is -2.26. The molecule has 1 fully saturated rings. The van der Waals surface area contributed by atoms with Gasteiger partial charge in [-0.2, -0.15) is 0 Å². The van der Waals surface area contributed by atoms with Gasteiger partial charge in [0, 0.05) is 38.7 Å². The molecule has 7 nitrogen and oxygen atoms in total. The molecule has 0 saturated heterocycles. The maximum Gasteiger partial charge on any atom is 0.223 e. The molecule has 1 N–H and O–H groups in total. The highest BCUT2D eigenvalue weighted by atomic mass is 16.4. The summed E-state index contributed by atoms with van der Waals surface area (Å²) in [5.41, 5.74) is 0. The summed E-state index contributed by atoms with van der Waals surface area (Å²) in [5, 5.41) is 8.21. The summed E-state index contributed by atoms with van der Waals surface area (Å²) in [5.74, 6) is 2.88. The predicted octanol–water partition coefficient (Wildman–Crippen LogP) is 2.90. The van der Waals surface area contributed by atoms with Crippen molar-refractivity contribution in [2.24, 2.45) is 5.92 Å². The van der Waals surface area contributed by atoms with Gasteiger partial charge in [0.05, 0.1) is 6.54 Å². The van der Waals surface area contributed by atoms with Gasteiger partial charge in [-0.3, -0.25) is 4.79 Å². The quantitative estimate of drug-likeness (QED) is 0.795. The Kier molecular flexibility index (Phi) is 6.19. The van der Waals surface area contributed by atoms with Gasteiger partial charge >= 0.3 is 0 Å². The fraction of sp³-hybridized carbons (Fsp3) is 0.667. The largest absolute Gasteiger partial charge is 0.425 e. The first-order valence-corrected chi connectivity index (χ1v) is 9.24. The summed E-state index contributed by atoms with van der Waals surface area (Å²) in [7, 11) is 1.77. The van der Waals surface area contributed by atoms with Gasteiger partial charge in [-0.25, -0.2) is 4.98 Å². The van der Waals surface area contributed by atoms with E-state index in [9.17, 15) is 4.79 Å². The standard InChI is InChI=1S/C18H27N5O2/c1-23(13-15-19-11-12-20-15)18(24)10-9-17-22-21-16(25-17)8-7-14-5-3-2-4-6-14/h11-12,14H,2-10,13H2,1H3,(H,19,20). The van der Waals surface area contributed by atoms with Crippen molar-refractivity contribution in [3.63, 3.8) is 0 Å². The highest BCUT2D eigenvalue weighted by molar-refractivity contribution is 5.75. The summed E-state index contributed by atoms with van der Waals surface area (Å²) < 4.78 is 5.70. The summed E-state index contributed by atoms with van der Waals surface area (Å²) in [6.45, 7) is 0.475. The Morgan fingerprint density at radius 1 is 1.24 bits per heavy atom. The average Bonchev–Trinajstić information content (AvgIpc) is 3.30. The second-order valence-electron chi connectivity index (χ2n) is 6.92. The minimum Gasteiger partial charge on any atom is -0.425 e. The fourth-order valence-corrected chi connectivity index (χ4v) is 3.40. The third-order valence-electron chi connectivity index (χ3n) is 4.92. The van der Waals surface area contributed by atoms with Crippen LogP contribution in [0.3, 0.4) is 0 Å². The van der Waals surface area contributed by atoms with Crippen LogP contribution in [0.1, 0.15) is 62.6 Å². The molecule has 1 saturated carbocycles. The molecular weight excluding hydrogens is 318 g/mol. The number of carbonyl (C=O) groups excluding carboxylic acids is 1. The smallest absolute Gasteiger partial charge is 0.223 e. The number of carbonyl (C=O) groups is 1. The molecule has 0 radical (unpaired) electrons. The van der Waals surface area contributed by atoms with Crippen molar-refractivity contribution in [2.75, 3.05) is 7.05 Å². The van der Waals surface area contributed by atoms with E-state index >= 15 is 0 Å². The number of amides is 1. The number of imidazole rings is 1. The number of nitrogens with one attached hydrogen (secondary N) is 1. The highest BCUT2D eigenvalue weighted by Gasteiger charge is 2.16. The molecule has 0 aliphatic heterocycles. The van der Waals surface area contributed by atoms with Crippen LogP contribution >= 0.6 is 0 Å². The second kappa shape index (κ2) is 8.78. The van der Waals surface area contributed by atoms with E-state index in [2.05, 4.69) is 20.2 Å². The van der Waals surface area contributed by atoms with Gasteiger partial charge in [-0.1, -0.05) is 32.1 Å². The average molecular weight is 345 g/mol. The fourth-order valence-electron chi connectivity index (χ4n) is 3.40. The van der Waals surface area contributed by atoms with Crippen LogP contribution in [0.4, 0.5) is 0 Å². The second-order valence-corrected chi connectivity index (χ2v) is 6.92. The van der Waals surface area contributed by atoms with E-state index in [1.807, 2.05) is 0 Å². The van der Waals surface area contributed by atoms with Crippen molar-refractivity contribution < 1.29 is 9.21 Å². The molecule has 1 aliphatic rings. The molecule has 3 rings (SSSR count). The van der Waals surface area contributed by atoms with Crippen molar-refractivity contribution in [3.8, 4) is 0 Å². The number of aromatic amines is 1. The van der Waals surface area contributed by atoms with Crippen LogP contribution in [-0.2, 0) is 24.2 Å². The molecule has 0 atom stereocenters. The van der Waals surface area contributed by atoms with Crippen LogP contribution in [0.25, 0.3) is 0 Å². The van der Waals surface area contributed by atoms with E-state index in [1.54, 1.807) is 24.3 Å². The van der Waals surface area contributed by atoms with E-state index in [1.165, 1.54) is 32.1 Å². The number of hydrogen-bond donors (Lipinski definition) is 1. The molecule has 0 spiro atoms. The zero-order valence-electron chi connectivity index (χ0n) is 14.9. The summed E-state index contributed by atoms with van der Waals surface area (Å²) in [4.78, 5) is 21.0. The van der Waals surface area contributed by atoms with E-state index in [0.717, 1.165) is 24.6 Å². The lowest BCUT2D eigenvalue weighted by Gasteiger charge is -2.20. The number of aromatic nitrogens is 4. The summed E-state index contributed by atoms with van der Waals surface area (Å²) in [6.07, 6.45) is 13.0. The van der Waals surface area contributed by atoms with Gasteiger partial charge in [0.1, 0.15) is 5.82 Å². The molecule has 7 heteroatoms. The van der Waals surface area contributed by atoms with Crippen LogP contribution < -0.4 is 0 Å². The van der Waals surface area contributed by atoms with Gasteiger partial charge < -0.3 is 14.3 Å². The summed E-state index contributed by atoms with van der Waals surface area (Å²) >= 11 is 0. The van der Waals surface area contributed by atoms with Gasteiger partial charge in [-0.05, 0) is 12.3 Å². The maximum absolute atomic E-state index is 12.2. The van der Waals surface area contributed by atoms with Crippen molar-refractivity contribution >= 4 is 5.91 Å². The van der Waals surface area contributed by atoms with E-state index in [4.69, 9.17) is 4.42 Å². The molecule has 25 heavy (non-hydrogen) atoms. The van der Waals surface area contributed by atoms with Gasteiger partial charge in [-0.15, -0.1) is 10.2 Å². The minimum atomic E-state index is 0.0401. The molecule has 1 amide bonds. The third kappa shape index (κ3) is 5.41. The lowest BCUT2D eigenvalue weighted by atomic mass is 9.86. The topological polar surface area (TPSA) is 87.9 Å². The number of aryl methyl sites for hydroxylation is 2. The van der Waals surface area contributed by atoms with Crippen LogP contribution in [0.2, 0.25) is 0 Å². The molecule has 0 aromatic carbocycles. The Morgan fingerprint density at radius 2 is 2.00 bits per heavy atom. The van der Waals surface area contributed by atoms with Gasteiger partial charge in [0.25, 0.3) is 0 Å². The molecule has 2 heterocycles. The molecule has 136 valence electrons. The lowest BCUT2D eigenvalue weighted by molar-refractivity contribution is -0.130. The SMILES string of the molecule is CN(Cc1ncc[nH]1)C(=O)CCc1nnc(CCC2CCCCC2)o1. The zero-order chi connectivity index (χ0) is 17.5. The van der Waals surface area contributed by atoms with Crippen molar-refractivity contribution in [2.45, 2.75) is 64.3 Å². The Labute approximate surface area is 148 Å². The third-order valence-corrected chi connectivity index (χ3v) is 4.92. The maximum atomic E-state index is 12.2. The molecular formula is C18H27N5O2. The normalized spacial score (nSPS) is 15.4. The molecule has 0 bridgehead atoms. The first kappa shape index (κ1) is 17.6. The predicted molar refractivity (Wildman–Crippen MR) is 92.6 cm³/mol. The number of nitrogens with zero attached hydrogens (tertiary/aromatic N) is 4. The van der Waals surface area contributed by atoms with Crippen molar-refractivity contribution in [3.05, 3.63) is 30.0 Å². The Morgan fingerprint density at radius 3 is 2.72 bits per heavy atom. The Bertz CT molecular complexity index is 646. The number of H-pyrrole nitrogens is 1. The molecule has 2 aromatic heterocycles. The van der Waals surface area contributed by atoms with Crippen molar-refractivity contribution in [1.82, 2.24) is 25.1 Å². The minimum absolute atomic E-state index is 0.0401. The van der Waals surface area contributed by atoms with E-state index in [0.29, 0.717) is 31.2 Å². The van der Waals surface area contributed by atoms with Gasteiger partial charge in [0.2, 0.25) is 17.7 Å². The Hall–Kier alpha value is -2.18. The zero-order valence-corrected chi connectivity index (χ0v) is 14.9. The first-order chi connectivity index (χ1) is 12.2. The van der Waals surface area contributed by atoms with Crippen LogP contribution in [0.5, 0.6) is 0 Å². The first-order valence-electron chi connectivity index (χ1n) is 9.24. The van der Waals surface area contributed by atoms with Gasteiger partial charge in [0.15, 0.2) is 0 Å². The molecule has 2 aromatic rings. The molecule has 1 aliphatic carbocycles. The van der Waals surface area contributed by atoms with Crippen LogP contribution in [0, 0.1) is 5.92 Å².